The van der Waals surface area contributed by atoms with Gasteiger partial charge in [-0.2, -0.15) is 0 Å². The molecule has 1 aliphatic rings. The molecule has 0 radical (unpaired) electrons. The van der Waals surface area contributed by atoms with Crippen LogP contribution in [0.4, 0.5) is 0 Å². The Morgan fingerprint density at radius 1 is 1.67 bits per heavy atom. The summed E-state index contributed by atoms with van der Waals surface area (Å²) >= 11 is 0. The van der Waals surface area contributed by atoms with Crippen molar-refractivity contribution in [2.75, 3.05) is 6.54 Å². The van der Waals surface area contributed by atoms with Gasteiger partial charge in [-0.15, -0.1) is 0 Å². The fourth-order valence-electron chi connectivity index (χ4n) is 1.45. The van der Waals surface area contributed by atoms with Crippen molar-refractivity contribution in [2.45, 2.75) is 26.5 Å². The molecule has 0 amide bonds. The summed E-state index contributed by atoms with van der Waals surface area (Å²) in [4.78, 5) is 0. The van der Waals surface area contributed by atoms with Crippen LogP contribution in [-0.4, -0.2) is 17.9 Å². The highest BCUT2D eigenvalue weighted by Gasteiger charge is 2.16. The molecular formula is C9H16N2O. The summed E-state index contributed by atoms with van der Waals surface area (Å²) in [6.07, 6.45) is 2.37. The summed E-state index contributed by atoms with van der Waals surface area (Å²) in [7, 11) is 0. The minimum atomic E-state index is -0.588. The van der Waals surface area contributed by atoms with Crippen LogP contribution in [0.5, 0.6) is 0 Å². The third-order valence-electron chi connectivity index (χ3n) is 2.10. The minimum absolute atomic E-state index is 0.418. The van der Waals surface area contributed by atoms with E-state index in [2.05, 4.69) is 12.2 Å². The molecule has 0 aliphatic carbocycles. The first-order valence-corrected chi connectivity index (χ1v) is 4.24. The Morgan fingerprint density at radius 2 is 2.33 bits per heavy atom. The number of aliphatic hydroxyl groups is 1. The number of hydrogen-bond donors (Lipinski definition) is 3. The summed E-state index contributed by atoms with van der Waals surface area (Å²) in [5.41, 5.74) is 8.57. The van der Waals surface area contributed by atoms with Gasteiger partial charge in [0.2, 0.25) is 0 Å². The number of hydrogen-bond acceptors (Lipinski definition) is 3. The Hall–Kier alpha value is -0.800. The van der Waals surface area contributed by atoms with Crippen molar-refractivity contribution < 1.29 is 5.11 Å². The highest BCUT2D eigenvalue weighted by molar-refractivity contribution is 5.34. The van der Waals surface area contributed by atoms with Crippen molar-refractivity contribution in [3.63, 3.8) is 0 Å². The Morgan fingerprint density at radius 3 is 2.83 bits per heavy atom. The van der Waals surface area contributed by atoms with Crippen LogP contribution in [-0.2, 0) is 0 Å². The van der Waals surface area contributed by atoms with Gasteiger partial charge in [0.05, 0.1) is 0 Å². The number of allylic oxidation sites excluding steroid dienone is 3. The molecule has 0 spiro atoms. The van der Waals surface area contributed by atoms with Gasteiger partial charge >= 0.3 is 0 Å². The first-order valence-electron chi connectivity index (χ1n) is 4.24. The normalized spacial score (nSPS) is 23.7. The first kappa shape index (κ1) is 9.29. The van der Waals surface area contributed by atoms with Gasteiger partial charge in [0, 0.05) is 12.2 Å². The lowest BCUT2D eigenvalue weighted by atomic mass is 10.00. The zero-order valence-electron chi connectivity index (χ0n) is 7.59. The predicted molar refractivity (Wildman–Crippen MR) is 49.3 cm³/mol. The van der Waals surface area contributed by atoms with E-state index in [0.29, 0.717) is 6.54 Å². The third-order valence-corrected chi connectivity index (χ3v) is 2.10. The van der Waals surface area contributed by atoms with Gasteiger partial charge in [0.1, 0.15) is 6.23 Å². The molecule has 3 nitrogen and oxygen atoms in total. The smallest absolute Gasteiger partial charge is 0.148 e. The van der Waals surface area contributed by atoms with Gasteiger partial charge in [0.15, 0.2) is 0 Å². The lowest BCUT2D eigenvalue weighted by Gasteiger charge is -2.24. The maximum absolute atomic E-state index is 9.55. The maximum Gasteiger partial charge on any atom is 0.148 e. The molecular weight excluding hydrogens is 152 g/mol. The molecule has 1 unspecified atom stereocenters. The van der Waals surface area contributed by atoms with E-state index >= 15 is 0 Å². The Kier molecular flexibility index (Phi) is 2.89. The summed E-state index contributed by atoms with van der Waals surface area (Å²) < 4.78 is 0. The van der Waals surface area contributed by atoms with Crippen LogP contribution in [0.15, 0.2) is 22.9 Å². The SMILES string of the molecule is CCC1=C(CN)C(O)NC(C)=C1. The Balaban J connectivity index is 2.96. The molecule has 0 aromatic heterocycles. The summed E-state index contributed by atoms with van der Waals surface area (Å²) in [6.45, 7) is 4.42. The highest BCUT2D eigenvalue weighted by Crippen LogP contribution is 2.18. The molecule has 1 aliphatic heterocycles. The molecule has 68 valence electrons. The van der Waals surface area contributed by atoms with Gasteiger partial charge in [-0.3, -0.25) is 0 Å². The van der Waals surface area contributed by atoms with E-state index in [-0.39, 0.29) is 0 Å². The van der Waals surface area contributed by atoms with Crippen molar-refractivity contribution in [3.05, 3.63) is 22.9 Å². The predicted octanol–water partition coefficient (Wildman–Crippen LogP) is 0.477. The van der Waals surface area contributed by atoms with Gasteiger partial charge in [-0.25, -0.2) is 0 Å². The number of aliphatic hydroxyl groups excluding tert-OH is 1. The number of nitrogens with two attached hydrogens (primary N) is 1. The first-order chi connectivity index (χ1) is 5.69. The van der Waals surface area contributed by atoms with E-state index < -0.39 is 6.23 Å². The lowest BCUT2D eigenvalue weighted by Crippen LogP contribution is -2.35. The molecule has 0 bridgehead atoms. The van der Waals surface area contributed by atoms with E-state index in [1.165, 1.54) is 0 Å². The van der Waals surface area contributed by atoms with Crippen LogP contribution < -0.4 is 11.1 Å². The van der Waals surface area contributed by atoms with Crippen LogP contribution in [0.1, 0.15) is 20.3 Å². The molecule has 4 N–H and O–H groups in total. The van der Waals surface area contributed by atoms with Crippen molar-refractivity contribution in [1.29, 1.82) is 0 Å². The van der Waals surface area contributed by atoms with Crippen LogP contribution >= 0.6 is 0 Å². The average molecular weight is 168 g/mol. The highest BCUT2D eigenvalue weighted by atomic mass is 16.3. The zero-order chi connectivity index (χ0) is 9.14. The molecule has 0 saturated heterocycles. The average Bonchev–Trinajstić information content (AvgIpc) is 2.03. The third kappa shape index (κ3) is 1.68. The van der Waals surface area contributed by atoms with E-state index in [9.17, 15) is 5.11 Å². The van der Waals surface area contributed by atoms with E-state index in [4.69, 9.17) is 5.73 Å². The van der Waals surface area contributed by atoms with Crippen molar-refractivity contribution >= 4 is 0 Å². The monoisotopic (exact) mass is 168 g/mol. The summed E-state index contributed by atoms with van der Waals surface area (Å²) in [5.74, 6) is 0. The minimum Gasteiger partial charge on any atom is -0.370 e. The van der Waals surface area contributed by atoms with Crippen LogP contribution in [0.3, 0.4) is 0 Å². The second-order valence-corrected chi connectivity index (χ2v) is 2.98. The molecule has 0 fully saturated rings. The zero-order valence-corrected chi connectivity index (χ0v) is 7.59. The quantitative estimate of drug-likeness (QED) is 0.562. The second kappa shape index (κ2) is 3.74. The lowest BCUT2D eigenvalue weighted by molar-refractivity contribution is 0.180. The second-order valence-electron chi connectivity index (χ2n) is 2.98. The molecule has 12 heavy (non-hydrogen) atoms. The van der Waals surface area contributed by atoms with E-state index in [0.717, 1.165) is 23.3 Å². The molecule has 0 aromatic rings. The van der Waals surface area contributed by atoms with Crippen LogP contribution in [0, 0.1) is 0 Å². The number of rotatable bonds is 2. The van der Waals surface area contributed by atoms with Gasteiger partial charge in [0.25, 0.3) is 0 Å². The van der Waals surface area contributed by atoms with Crippen LogP contribution in [0.2, 0.25) is 0 Å². The molecule has 0 aromatic carbocycles. The van der Waals surface area contributed by atoms with Crippen LogP contribution in [0.25, 0.3) is 0 Å². The summed E-state index contributed by atoms with van der Waals surface area (Å²) in [5, 5.41) is 12.5. The van der Waals surface area contributed by atoms with Crippen molar-refractivity contribution in [1.82, 2.24) is 5.32 Å². The fourth-order valence-corrected chi connectivity index (χ4v) is 1.45. The summed E-state index contributed by atoms with van der Waals surface area (Å²) in [6, 6.07) is 0. The van der Waals surface area contributed by atoms with Crippen molar-refractivity contribution in [2.24, 2.45) is 5.73 Å². The largest absolute Gasteiger partial charge is 0.370 e. The molecule has 0 saturated carbocycles. The number of dihydropyridines is 1. The number of nitrogens with one attached hydrogen (secondary N) is 1. The van der Waals surface area contributed by atoms with E-state index in [1.54, 1.807) is 0 Å². The molecule has 1 rings (SSSR count). The topological polar surface area (TPSA) is 58.3 Å². The standard InChI is InChI=1S/C9H16N2O/c1-3-7-4-6(2)11-9(12)8(7)5-10/h4,9,11-12H,3,5,10H2,1-2H3. The maximum atomic E-state index is 9.55. The molecule has 3 heteroatoms. The fraction of sp³-hybridized carbons (Fsp3) is 0.556. The van der Waals surface area contributed by atoms with E-state index in [1.807, 2.05) is 13.0 Å². The van der Waals surface area contributed by atoms with Crippen molar-refractivity contribution in [3.8, 4) is 0 Å². The Labute approximate surface area is 73.0 Å². The van der Waals surface area contributed by atoms with Gasteiger partial charge in [-0.05, 0) is 30.6 Å². The van der Waals surface area contributed by atoms with Gasteiger partial charge in [-0.1, -0.05) is 6.92 Å². The Bertz CT molecular complexity index is 231. The molecule has 1 atom stereocenters. The van der Waals surface area contributed by atoms with Gasteiger partial charge < -0.3 is 16.2 Å². The molecule has 1 heterocycles.